The maximum Gasteiger partial charge on any atom is 0.374 e. The van der Waals surface area contributed by atoms with Crippen LogP contribution in [0.15, 0.2) is 36.8 Å². The van der Waals surface area contributed by atoms with Crippen molar-refractivity contribution in [3.05, 3.63) is 42.4 Å². The Labute approximate surface area is 169 Å². The van der Waals surface area contributed by atoms with Gasteiger partial charge in [-0.05, 0) is 40.6 Å². The number of hydrogen-bond acceptors (Lipinski definition) is 8. The van der Waals surface area contributed by atoms with Crippen molar-refractivity contribution in [3.63, 3.8) is 0 Å². The van der Waals surface area contributed by atoms with Crippen LogP contribution in [-0.4, -0.2) is 51.6 Å². The molecule has 0 saturated carbocycles. The molecular formula is C17H27NO9P2. The minimum absolute atomic E-state index is 0.0506. The predicted molar refractivity (Wildman–Crippen MR) is 105 cm³/mol. The van der Waals surface area contributed by atoms with Gasteiger partial charge in [0.05, 0.1) is 11.7 Å². The molecule has 1 aromatic rings. The highest BCUT2D eigenvalue weighted by Gasteiger charge is 2.67. The Kier molecular flexibility index (Phi) is 7.36. The van der Waals surface area contributed by atoms with E-state index in [9.17, 15) is 24.0 Å². The van der Waals surface area contributed by atoms with Gasteiger partial charge in [0.2, 0.25) is 6.29 Å². The van der Waals surface area contributed by atoms with E-state index in [2.05, 4.69) is 6.58 Å². The fraction of sp³-hybridized carbons (Fsp3) is 0.529. The molecule has 1 aromatic carbocycles. The van der Waals surface area contributed by atoms with Crippen molar-refractivity contribution >= 4 is 15.2 Å². The SMILES string of the molecule is C=C(Oc1ccccc1C1OP(=O)(O)C(O)(CCN(C)C)P(=O)(O)O1)OC(C)C. The number of ether oxygens (including phenoxy) is 2. The smallest absolute Gasteiger partial charge is 0.374 e. The summed E-state index contributed by atoms with van der Waals surface area (Å²) in [6.07, 6.45) is -2.45. The van der Waals surface area contributed by atoms with Crippen LogP contribution < -0.4 is 4.74 Å². The molecule has 0 spiro atoms. The summed E-state index contributed by atoms with van der Waals surface area (Å²) in [6, 6.07) is 6.06. The van der Waals surface area contributed by atoms with Gasteiger partial charge in [-0.2, -0.15) is 0 Å². The number of nitrogens with zero attached hydrogens (tertiary/aromatic N) is 1. The second-order valence-corrected chi connectivity index (χ2v) is 11.4. The highest BCUT2D eigenvalue weighted by Crippen LogP contribution is 2.79. The molecule has 2 unspecified atom stereocenters. The Morgan fingerprint density at radius 1 is 1.24 bits per heavy atom. The lowest BCUT2D eigenvalue weighted by molar-refractivity contribution is -0.0615. The van der Waals surface area contributed by atoms with Crippen molar-refractivity contribution in [2.75, 3.05) is 20.6 Å². The van der Waals surface area contributed by atoms with Crippen LogP contribution in [0.5, 0.6) is 5.75 Å². The maximum atomic E-state index is 12.7. The summed E-state index contributed by atoms with van der Waals surface area (Å²) in [5.74, 6) is 0.0343. The van der Waals surface area contributed by atoms with E-state index in [1.807, 2.05) is 0 Å². The van der Waals surface area contributed by atoms with Crippen LogP contribution in [0.3, 0.4) is 0 Å². The second-order valence-electron chi connectivity index (χ2n) is 7.09. The Bertz CT molecular complexity index is 816. The van der Waals surface area contributed by atoms with Crippen molar-refractivity contribution in [2.45, 2.75) is 37.7 Å². The Morgan fingerprint density at radius 2 is 1.79 bits per heavy atom. The zero-order chi connectivity index (χ0) is 22.0. The molecule has 164 valence electrons. The molecule has 1 saturated heterocycles. The normalized spacial score (nSPS) is 32.4. The van der Waals surface area contributed by atoms with E-state index >= 15 is 0 Å². The minimum Gasteiger partial charge on any atom is -0.463 e. The number of rotatable bonds is 8. The van der Waals surface area contributed by atoms with Crippen molar-refractivity contribution in [1.29, 1.82) is 0 Å². The lowest BCUT2D eigenvalue weighted by Crippen LogP contribution is -2.38. The summed E-state index contributed by atoms with van der Waals surface area (Å²) in [7, 11) is -6.73. The second kappa shape index (κ2) is 8.88. The van der Waals surface area contributed by atoms with Crippen molar-refractivity contribution < 1.29 is 42.5 Å². The standard InChI is InChI=1S/C17H27NO9P2/c1-12(2)24-13(3)25-15-9-7-6-8-14(15)16-26-28(20,21)17(19,10-11-18(4)5)29(22,23)27-16/h6-9,12,16,19H,3,10-11H2,1-2,4-5H3,(H,20,21)(H,22,23). The van der Waals surface area contributed by atoms with Gasteiger partial charge >= 0.3 is 15.2 Å². The molecule has 2 atom stereocenters. The van der Waals surface area contributed by atoms with Gasteiger partial charge in [-0.1, -0.05) is 18.2 Å². The van der Waals surface area contributed by atoms with E-state index in [1.165, 1.54) is 12.1 Å². The van der Waals surface area contributed by atoms with E-state index in [0.29, 0.717) is 0 Å². The first-order valence-corrected chi connectivity index (χ1v) is 12.0. The molecule has 3 N–H and O–H groups in total. The third kappa shape index (κ3) is 5.29. The molecular weight excluding hydrogens is 424 g/mol. The molecule has 2 rings (SSSR count). The van der Waals surface area contributed by atoms with E-state index in [0.717, 1.165) is 0 Å². The van der Waals surface area contributed by atoms with Gasteiger partial charge in [0.25, 0.3) is 11.0 Å². The van der Waals surface area contributed by atoms with Gasteiger partial charge in [0.1, 0.15) is 5.75 Å². The lowest BCUT2D eigenvalue weighted by atomic mass is 10.2. The summed E-state index contributed by atoms with van der Waals surface area (Å²) >= 11 is 0. The number of para-hydroxylation sites is 1. The zero-order valence-corrected chi connectivity index (χ0v) is 18.5. The third-order valence-corrected chi connectivity index (χ3v) is 8.77. The highest BCUT2D eigenvalue weighted by molar-refractivity contribution is 7.73. The van der Waals surface area contributed by atoms with Crippen LogP contribution in [0.4, 0.5) is 0 Å². The van der Waals surface area contributed by atoms with Crippen LogP contribution in [0, 0.1) is 0 Å². The first-order chi connectivity index (χ1) is 13.3. The fourth-order valence-electron chi connectivity index (χ4n) is 2.55. The summed E-state index contributed by atoms with van der Waals surface area (Å²) in [5.41, 5.74) is 0.0548. The lowest BCUT2D eigenvalue weighted by Gasteiger charge is -2.41. The van der Waals surface area contributed by atoms with E-state index in [1.54, 1.807) is 45.0 Å². The molecule has 0 aromatic heterocycles. The maximum absolute atomic E-state index is 12.7. The highest BCUT2D eigenvalue weighted by atomic mass is 31.2. The molecule has 1 aliphatic rings. The van der Waals surface area contributed by atoms with Gasteiger partial charge in [-0.3, -0.25) is 18.2 Å². The number of hydrogen-bond donors (Lipinski definition) is 3. The topological polar surface area (TPSA) is 135 Å². The molecule has 0 bridgehead atoms. The van der Waals surface area contributed by atoms with Crippen LogP contribution in [0.25, 0.3) is 0 Å². The first kappa shape index (κ1) is 24.1. The van der Waals surface area contributed by atoms with Crippen molar-refractivity contribution in [3.8, 4) is 5.75 Å². The van der Waals surface area contributed by atoms with Gasteiger partial charge < -0.3 is 29.3 Å². The average molecular weight is 451 g/mol. The van der Waals surface area contributed by atoms with Gasteiger partial charge in [-0.25, -0.2) is 0 Å². The van der Waals surface area contributed by atoms with Crippen LogP contribution in [-0.2, 0) is 22.9 Å². The molecule has 0 radical (unpaired) electrons. The number of benzene rings is 1. The zero-order valence-electron chi connectivity index (χ0n) is 16.7. The molecule has 29 heavy (non-hydrogen) atoms. The van der Waals surface area contributed by atoms with Crippen LogP contribution in [0.2, 0.25) is 0 Å². The Balaban J connectivity index is 2.34. The summed E-state index contributed by atoms with van der Waals surface area (Å²) in [6.45, 7) is 7.21. The summed E-state index contributed by atoms with van der Waals surface area (Å²) < 4.78 is 46.5. The van der Waals surface area contributed by atoms with Gasteiger partial charge in [0.15, 0.2) is 0 Å². The quantitative estimate of drug-likeness (QED) is 0.400. The molecule has 1 heterocycles. The molecule has 1 aliphatic heterocycles. The average Bonchev–Trinajstić information content (AvgIpc) is 2.57. The largest absolute Gasteiger partial charge is 0.463 e. The van der Waals surface area contributed by atoms with Gasteiger partial charge in [0, 0.05) is 13.0 Å². The molecule has 12 heteroatoms. The Morgan fingerprint density at radius 3 is 2.31 bits per heavy atom. The van der Waals surface area contributed by atoms with Crippen LogP contribution >= 0.6 is 15.2 Å². The molecule has 1 fully saturated rings. The van der Waals surface area contributed by atoms with Crippen LogP contribution in [0.1, 0.15) is 32.1 Å². The van der Waals surface area contributed by atoms with E-state index < -0.39 is 33.0 Å². The molecule has 0 aliphatic carbocycles. The third-order valence-electron chi connectivity index (χ3n) is 4.04. The monoisotopic (exact) mass is 451 g/mol. The van der Waals surface area contributed by atoms with Gasteiger partial charge in [-0.15, -0.1) is 0 Å². The van der Waals surface area contributed by atoms with Crippen molar-refractivity contribution in [1.82, 2.24) is 4.90 Å². The first-order valence-electron chi connectivity index (χ1n) is 8.81. The predicted octanol–water partition coefficient (Wildman–Crippen LogP) is 2.98. The molecule has 10 nitrogen and oxygen atoms in total. The van der Waals surface area contributed by atoms with E-state index in [4.69, 9.17) is 18.5 Å². The summed E-state index contributed by atoms with van der Waals surface area (Å²) in [4.78, 5) is 22.2. The number of aliphatic hydroxyl groups is 1. The van der Waals surface area contributed by atoms with E-state index in [-0.39, 0.29) is 29.9 Å². The fourth-order valence-corrected chi connectivity index (χ4v) is 6.12. The summed E-state index contributed by atoms with van der Waals surface area (Å²) in [5, 5.41) is 7.63. The van der Waals surface area contributed by atoms with Crippen molar-refractivity contribution in [2.24, 2.45) is 0 Å². The minimum atomic E-state index is -5.00. The molecule has 0 amide bonds. The Hall–Kier alpha value is -1.22.